The smallest absolute Gasteiger partial charge is 0.251 e. The number of ether oxygens (including phenoxy) is 1. The summed E-state index contributed by atoms with van der Waals surface area (Å²) >= 11 is 0. The Morgan fingerprint density at radius 1 is 1.20 bits per heavy atom. The van der Waals surface area contributed by atoms with Crippen molar-refractivity contribution >= 4 is 17.7 Å². The van der Waals surface area contributed by atoms with Gasteiger partial charge in [0.1, 0.15) is 5.82 Å². The van der Waals surface area contributed by atoms with Crippen LogP contribution in [0.5, 0.6) is 0 Å². The van der Waals surface area contributed by atoms with Crippen LogP contribution in [0, 0.1) is 6.92 Å². The number of nitrogens with one attached hydrogen (secondary N) is 2. The highest BCUT2D eigenvalue weighted by Gasteiger charge is 2.14. The molecule has 3 heterocycles. The monoisotopic (exact) mass is 342 g/mol. The van der Waals surface area contributed by atoms with Gasteiger partial charge in [0.2, 0.25) is 5.95 Å². The average Bonchev–Trinajstić information content (AvgIpc) is 2.66. The van der Waals surface area contributed by atoms with Crippen molar-refractivity contribution in [2.75, 3.05) is 49.6 Å². The lowest BCUT2D eigenvalue weighted by molar-refractivity contribution is 0.0955. The van der Waals surface area contributed by atoms with Gasteiger partial charge in [-0.3, -0.25) is 9.78 Å². The third-order valence-electron chi connectivity index (χ3n) is 3.81. The number of rotatable bonds is 6. The SMILES string of the molecule is Cc1cc(N2CCOCC2)nc(NCCNC(=O)c2ccncc2)n1. The molecule has 1 amide bonds. The van der Waals surface area contributed by atoms with Gasteiger partial charge in [0.05, 0.1) is 13.2 Å². The predicted molar refractivity (Wildman–Crippen MR) is 94.9 cm³/mol. The van der Waals surface area contributed by atoms with Crippen LogP contribution in [-0.4, -0.2) is 60.3 Å². The summed E-state index contributed by atoms with van der Waals surface area (Å²) in [5.74, 6) is 1.35. The molecule has 1 aliphatic heterocycles. The molecule has 2 N–H and O–H groups in total. The molecular weight excluding hydrogens is 320 g/mol. The fourth-order valence-electron chi connectivity index (χ4n) is 2.54. The molecule has 0 aromatic carbocycles. The van der Waals surface area contributed by atoms with E-state index in [9.17, 15) is 4.79 Å². The lowest BCUT2D eigenvalue weighted by Crippen LogP contribution is -2.37. The Labute approximate surface area is 146 Å². The number of amides is 1. The van der Waals surface area contributed by atoms with Gasteiger partial charge in [0.15, 0.2) is 0 Å². The summed E-state index contributed by atoms with van der Waals surface area (Å²) in [6, 6.07) is 5.34. The van der Waals surface area contributed by atoms with E-state index < -0.39 is 0 Å². The maximum absolute atomic E-state index is 12.0. The number of nitrogens with zero attached hydrogens (tertiary/aromatic N) is 4. The fraction of sp³-hybridized carbons (Fsp3) is 0.412. The summed E-state index contributed by atoms with van der Waals surface area (Å²) < 4.78 is 5.38. The highest BCUT2D eigenvalue weighted by molar-refractivity contribution is 5.93. The molecule has 0 spiro atoms. The summed E-state index contributed by atoms with van der Waals surface area (Å²) in [4.78, 5) is 27.0. The second kappa shape index (κ2) is 8.39. The average molecular weight is 342 g/mol. The molecule has 0 radical (unpaired) electrons. The summed E-state index contributed by atoms with van der Waals surface area (Å²) in [6.45, 7) is 6.06. The van der Waals surface area contributed by atoms with Gasteiger partial charge in [-0.05, 0) is 19.1 Å². The van der Waals surface area contributed by atoms with Crippen molar-refractivity contribution in [1.29, 1.82) is 0 Å². The Morgan fingerprint density at radius 2 is 1.96 bits per heavy atom. The van der Waals surface area contributed by atoms with Gasteiger partial charge in [-0.25, -0.2) is 4.98 Å². The highest BCUT2D eigenvalue weighted by Crippen LogP contribution is 2.16. The van der Waals surface area contributed by atoms with Crippen molar-refractivity contribution in [3.63, 3.8) is 0 Å². The topological polar surface area (TPSA) is 92.3 Å². The van der Waals surface area contributed by atoms with E-state index in [1.807, 2.05) is 13.0 Å². The van der Waals surface area contributed by atoms with Crippen LogP contribution in [0.3, 0.4) is 0 Å². The van der Waals surface area contributed by atoms with E-state index in [-0.39, 0.29) is 5.91 Å². The molecule has 8 nitrogen and oxygen atoms in total. The molecule has 1 saturated heterocycles. The quantitative estimate of drug-likeness (QED) is 0.752. The molecule has 8 heteroatoms. The van der Waals surface area contributed by atoms with Gasteiger partial charge in [0, 0.05) is 55.9 Å². The third-order valence-corrected chi connectivity index (χ3v) is 3.81. The molecule has 25 heavy (non-hydrogen) atoms. The summed E-state index contributed by atoms with van der Waals surface area (Å²) in [5, 5.41) is 6.01. The standard InChI is InChI=1S/C17H22N6O2/c1-13-12-15(23-8-10-25-11-9-23)22-17(21-13)20-7-6-19-16(24)14-2-4-18-5-3-14/h2-5,12H,6-11H2,1H3,(H,19,24)(H,20,21,22). The summed E-state index contributed by atoms with van der Waals surface area (Å²) in [5.41, 5.74) is 1.50. The minimum absolute atomic E-state index is 0.122. The molecule has 132 valence electrons. The lowest BCUT2D eigenvalue weighted by Gasteiger charge is -2.28. The van der Waals surface area contributed by atoms with E-state index in [0.29, 0.717) is 37.8 Å². The van der Waals surface area contributed by atoms with E-state index in [1.54, 1.807) is 24.5 Å². The van der Waals surface area contributed by atoms with E-state index in [2.05, 4.69) is 30.5 Å². The highest BCUT2D eigenvalue weighted by atomic mass is 16.5. The van der Waals surface area contributed by atoms with Crippen molar-refractivity contribution in [3.05, 3.63) is 41.9 Å². The number of anilines is 2. The molecule has 0 saturated carbocycles. The second-order valence-corrected chi connectivity index (χ2v) is 5.71. The van der Waals surface area contributed by atoms with Crippen LogP contribution in [0.2, 0.25) is 0 Å². The zero-order valence-corrected chi connectivity index (χ0v) is 14.2. The van der Waals surface area contributed by atoms with E-state index in [0.717, 1.165) is 24.6 Å². The van der Waals surface area contributed by atoms with E-state index in [1.165, 1.54) is 0 Å². The Morgan fingerprint density at radius 3 is 2.72 bits per heavy atom. The number of carbonyl (C=O) groups excluding carboxylic acids is 1. The van der Waals surface area contributed by atoms with Gasteiger partial charge in [0.25, 0.3) is 5.91 Å². The largest absolute Gasteiger partial charge is 0.378 e. The Balaban J connectivity index is 1.51. The number of aryl methyl sites for hydroxylation is 1. The van der Waals surface area contributed by atoms with Crippen molar-refractivity contribution in [3.8, 4) is 0 Å². The Kier molecular flexibility index (Phi) is 5.73. The normalized spacial score (nSPS) is 14.2. The van der Waals surface area contributed by atoms with Crippen LogP contribution in [-0.2, 0) is 4.74 Å². The third kappa shape index (κ3) is 4.87. The molecular formula is C17H22N6O2. The van der Waals surface area contributed by atoms with Crippen LogP contribution < -0.4 is 15.5 Å². The van der Waals surface area contributed by atoms with Crippen molar-refractivity contribution < 1.29 is 9.53 Å². The minimum atomic E-state index is -0.122. The van der Waals surface area contributed by atoms with Gasteiger partial charge >= 0.3 is 0 Å². The van der Waals surface area contributed by atoms with E-state index in [4.69, 9.17) is 4.74 Å². The second-order valence-electron chi connectivity index (χ2n) is 5.71. The first kappa shape index (κ1) is 17.1. The van der Waals surface area contributed by atoms with Crippen LogP contribution in [0.15, 0.2) is 30.6 Å². The molecule has 2 aromatic rings. The van der Waals surface area contributed by atoms with Gasteiger partial charge in [-0.1, -0.05) is 0 Å². The van der Waals surface area contributed by atoms with Crippen molar-refractivity contribution in [2.24, 2.45) is 0 Å². The number of aromatic nitrogens is 3. The number of morpholine rings is 1. The number of pyridine rings is 1. The maximum atomic E-state index is 12.0. The molecule has 0 aliphatic carbocycles. The first-order valence-corrected chi connectivity index (χ1v) is 8.33. The first-order chi connectivity index (χ1) is 12.2. The Hall–Kier alpha value is -2.74. The van der Waals surface area contributed by atoms with Crippen LogP contribution in [0.25, 0.3) is 0 Å². The van der Waals surface area contributed by atoms with Crippen molar-refractivity contribution in [2.45, 2.75) is 6.92 Å². The number of hydrogen-bond acceptors (Lipinski definition) is 7. The summed E-state index contributed by atoms with van der Waals surface area (Å²) in [7, 11) is 0. The van der Waals surface area contributed by atoms with Crippen molar-refractivity contribution in [1.82, 2.24) is 20.3 Å². The van der Waals surface area contributed by atoms with Crippen LogP contribution >= 0.6 is 0 Å². The van der Waals surface area contributed by atoms with Gasteiger partial charge < -0.3 is 20.3 Å². The zero-order chi connectivity index (χ0) is 17.5. The van der Waals surface area contributed by atoms with Gasteiger partial charge in [-0.15, -0.1) is 0 Å². The van der Waals surface area contributed by atoms with Crippen LogP contribution in [0.4, 0.5) is 11.8 Å². The molecule has 0 unspecified atom stereocenters. The maximum Gasteiger partial charge on any atom is 0.251 e. The first-order valence-electron chi connectivity index (χ1n) is 8.33. The number of hydrogen-bond donors (Lipinski definition) is 2. The molecule has 0 atom stereocenters. The molecule has 1 aliphatic rings. The molecule has 1 fully saturated rings. The molecule has 0 bridgehead atoms. The number of carbonyl (C=O) groups is 1. The minimum Gasteiger partial charge on any atom is -0.378 e. The summed E-state index contributed by atoms with van der Waals surface area (Å²) in [6.07, 6.45) is 3.20. The van der Waals surface area contributed by atoms with Gasteiger partial charge in [-0.2, -0.15) is 4.98 Å². The lowest BCUT2D eigenvalue weighted by atomic mass is 10.2. The van der Waals surface area contributed by atoms with E-state index >= 15 is 0 Å². The molecule has 2 aromatic heterocycles. The molecule has 3 rings (SSSR count). The Bertz CT molecular complexity index is 704. The van der Waals surface area contributed by atoms with Crippen LogP contribution in [0.1, 0.15) is 16.1 Å². The predicted octanol–water partition coefficient (Wildman–Crippen LogP) is 0.859. The fourth-order valence-corrected chi connectivity index (χ4v) is 2.54. The zero-order valence-electron chi connectivity index (χ0n) is 14.2.